The van der Waals surface area contributed by atoms with Gasteiger partial charge in [0, 0.05) is 5.02 Å². The number of hydrogen-bond donors (Lipinski definition) is 2. The van der Waals surface area contributed by atoms with Crippen LogP contribution in [-0.2, 0) is 9.59 Å². The number of ether oxygens (including phenoxy) is 1. The number of benzene rings is 1. The van der Waals surface area contributed by atoms with Crippen LogP contribution in [0.4, 0.5) is 0 Å². The van der Waals surface area contributed by atoms with Crippen molar-refractivity contribution in [1.29, 1.82) is 0 Å². The molecule has 0 bridgehead atoms. The molecule has 1 aliphatic heterocycles. The summed E-state index contributed by atoms with van der Waals surface area (Å²) < 4.78 is 5.50. The Hall–Kier alpha value is -1.92. The summed E-state index contributed by atoms with van der Waals surface area (Å²) in [6, 6.07) is 2.31. The Morgan fingerprint density at radius 2 is 1.95 bits per heavy atom. The number of aliphatic imine (C=N–C) groups is 1. The van der Waals surface area contributed by atoms with Crippen molar-refractivity contribution >= 4 is 29.3 Å². The Kier molecular flexibility index (Phi) is 4.06. The fourth-order valence-electron chi connectivity index (χ4n) is 1.77. The second kappa shape index (κ2) is 5.60. The molecule has 20 heavy (non-hydrogen) atoms. The van der Waals surface area contributed by atoms with Crippen LogP contribution >= 0.6 is 11.6 Å². The fourth-order valence-corrected chi connectivity index (χ4v) is 1.88. The van der Waals surface area contributed by atoms with Gasteiger partial charge in [0.1, 0.15) is 12.4 Å². The van der Waals surface area contributed by atoms with Crippen LogP contribution in [0.1, 0.15) is 11.1 Å². The number of carbonyl (C=O) groups is 2. The number of hydrogen-bond acceptors (Lipinski definition) is 4. The molecule has 1 unspecified atom stereocenters. The molecule has 0 saturated heterocycles. The van der Waals surface area contributed by atoms with Crippen molar-refractivity contribution in [2.45, 2.75) is 19.9 Å². The van der Waals surface area contributed by atoms with E-state index in [9.17, 15) is 9.59 Å². The Bertz CT molecular complexity index is 590. The van der Waals surface area contributed by atoms with Gasteiger partial charge in [0.15, 0.2) is 11.9 Å². The van der Waals surface area contributed by atoms with Crippen molar-refractivity contribution < 1.29 is 14.3 Å². The smallest absolute Gasteiger partial charge is 0.274 e. The van der Waals surface area contributed by atoms with Gasteiger partial charge in [0.05, 0.1) is 0 Å². The van der Waals surface area contributed by atoms with Gasteiger partial charge in [-0.15, -0.1) is 0 Å². The Morgan fingerprint density at radius 1 is 1.35 bits per heavy atom. The van der Waals surface area contributed by atoms with E-state index in [4.69, 9.17) is 22.1 Å². The maximum atomic E-state index is 11.4. The van der Waals surface area contributed by atoms with E-state index in [0.717, 1.165) is 11.1 Å². The van der Waals surface area contributed by atoms with Gasteiger partial charge in [-0.3, -0.25) is 9.59 Å². The van der Waals surface area contributed by atoms with Crippen LogP contribution in [0.2, 0.25) is 5.02 Å². The van der Waals surface area contributed by atoms with Gasteiger partial charge >= 0.3 is 0 Å². The molecule has 0 fully saturated rings. The number of amidine groups is 1. The number of rotatable bonds is 3. The number of nitrogens with zero attached hydrogens (tertiary/aromatic N) is 1. The summed E-state index contributed by atoms with van der Waals surface area (Å²) >= 11 is 6.06. The van der Waals surface area contributed by atoms with E-state index < -0.39 is 17.9 Å². The molecule has 1 atom stereocenters. The molecule has 1 aromatic carbocycles. The summed E-state index contributed by atoms with van der Waals surface area (Å²) in [5.74, 6) is -0.515. The summed E-state index contributed by atoms with van der Waals surface area (Å²) in [6.45, 7) is 3.71. The van der Waals surface area contributed by atoms with Crippen molar-refractivity contribution in [3.63, 3.8) is 0 Å². The molecule has 0 aliphatic carbocycles. The first kappa shape index (κ1) is 14.5. The van der Waals surface area contributed by atoms with Gasteiger partial charge in [0.2, 0.25) is 0 Å². The third-order valence-corrected chi connectivity index (χ3v) is 3.44. The van der Waals surface area contributed by atoms with E-state index in [0.29, 0.717) is 10.8 Å². The van der Waals surface area contributed by atoms with Gasteiger partial charge in [-0.1, -0.05) is 11.6 Å². The van der Waals surface area contributed by atoms with Crippen molar-refractivity contribution in [3.8, 4) is 5.75 Å². The fraction of sp³-hybridized carbons (Fsp3) is 0.308. The summed E-state index contributed by atoms with van der Waals surface area (Å²) in [5, 5.41) is 3.10. The molecule has 1 heterocycles. The zero-order valence-corrected chi connectivity index (χ0v) is 11.8. The highest BCUT2D eigenvalue weighted by molar-refractivity contribution is 6.32. The van der Waals surface area contributed by atoms with E-state index in [-0.39, 0.29) is 12.4 Å². The van der Waals surface area contributed by atoms with Crippen LogP contribution in [0, 0.1) is 13.8 Å². The van der Waals surface area contributed by atoms with E-state index >= 15 is 0 Å². The van der Waals surface area contributed by atoms with Crippen molar-refractivity contribution in [3.05, 3.63) is 28.3 Å². The standard InChI is InChI=1S/C13H14ClN3O3/c1-6-3-8(4-7(2)10(6)14)20-5-9-16-12(18)11(15)13(19)17-9/h3-4,11H,5,15H2,1-2H3,(H,16,17,18,19). The lowest BCUT2D eigenvalue weighted by Crippen LogP contribution is -2.53. The van der Waals surface area contributed by atoms with E-state index in [1.54, 1.807) is 12.1 Å². The first-order valence-electron chi connectivity index (χ1n) is 5.96. The minimum absolute atomic E-state index is 0.0231. The van der Waals surface area contributed by atoms with Crippen LogP contribution in [0.15, 0.2) is 17.1 Å². The van der Waals surface area contributed by atoms with E-state index in [1.165, 1.54) is 0 Å². The maximum Gasteiger partial charge on any atom is 0.274 e. The number of carbonyl (C=O) groups excluding carboxylic acids is 2. The zero-order chi connectivity index (χ0) is 14.9. The zero-order valence-electron chi connectivity index (χ0n) is 11.1. The van der Waals surface area contributed by atoms with Crippen molar-refractivity contribution in [2.24, 2.45) is 10.7 Å². The Balaban J connectivity index is 2.08. The lowest BCUT2D eigenvalue weighted by molar-refractivity contribution is -0.129. The minimum Gasteiger partial charge on any atom is -0.486 e. The van der Waals surface area contributed by atoms with Crippen LogP contribution in [0.5, 0.6) is 5.75 Å². The van der Waals surface area contributed by atoms with Crippen LogP contribution in [-0.4, -0.2) is 30.3 Å². The Labute approximate surface area is 121 Å². The molecule has 6 nitrogen and oxygen atoms in total. The van der Waals surface area contributed by atoms with Gasteiger partial charge in [-0.05, 0) is 37.1 Å². The summed E-state index contributed by atoms with van der Waals surface area (Å²) in [6.07, 6.45) is 0. The topological polar surface area (TPSA) is 93.8 Å². The molecule has 7 heteroatoms. The predicted octanol–water partition coefficient (Wildman–Crippen LogP) is 0.718. The number of halogens is 1. The molecule has 2 amide bonds. The lowest BCUT2D eigenvalue weighted by atomic mass is 10.1. The first-order valence-corrected chi connectivity index (χ1v) is 6.33. The number of aryl methyl sites for hydroxylation is 2. The van der Waals surface area contributed by atoms with Crippen molar-refractivity contribution in [2.75, 3.05) is 6.61 Å². The second-order valence-corrected chi connectivity index (χ2v) is 4.90. The van der Waals surface area contributed by atoms with Gasteiger partial charge in [-0.25, -0.2) is 0 Å². The lowest BCUT2D eigenvalue weighted by Gasteiger charge is -2.17. The summed E-state index contributed by atoms with van der Waals surface area (Å²) in [7, 11) is 0. The monoisotopic (exact) mass is 295 g/mol. The van der Waals surface area contributed by atoms with Gasteiger partial charge in [-0.2, -0.15) is 4.99 Å². The highest BCUT2D eigenvalue weighted by atomic mass is 35.5. The molecular formula is C13H14ClN3O3. The average Bonchev–Trinajstić information content (AvgIpc) is 2.39. The Morgan fingerprint density at radius 3 is 2.50 bits per heavy atom. The van der Waals surface area contributed by atoms with E-state index in [2.05, 4.69) is 10.3 Å². The predicted molar refractivity (Wildman–Crippen MR) is 75.0 cm³/mol. The third-order valence-electron chi connectivity index (χ3n) is 2.85. The third kappa shape index (κ3) is 2.97. The average molecular weight is 296 g/mol. The molecule has 0 aromatic heterocycles. The maximum absolute atomic E-state index is 11.4. The molecule has 0 spiro atoms. The number of nitrogens with two attached hydrogens (primary N) is 1. The van der Waals surface area contributed by atoms with Crippen LogP contribution in [0.25, 0.3) is 0 Å². The summed E-state index contributed by atoms with van der Waals surface area (Å²) in [5.41, 5.74) is 7.09. The molecule has 1 aliphatic rings. The second-order valence-electron chi connectivity index (χ2n) is 4.52. The number of amides is 2. The SMILES string of the molecule is Cc1cc(OCC2=NC(=O)C(N)C(=O)N2)cc(C)c1Cl. The van der Waals surface area contributed by atoms with Crippen molar-refractivity contribution in [1.82, 2.24) is 5.32 Å². The highest BCUT2D eigenvalue weighted by Gasteiger charge is 2.28. The molecule has 106 valence electrons. The first-order chi connectivity index (χ1) is 9.38. The molecule has 0 radical (unpaired) electrons. The van der Waals surface area contributed by atoms with E-state index in [1.807, 2.05) is 13.8 Å². The largest absolute Gasteiger partial charge is 0.486 e. The molecule has 0 saturated carbocycles. The molecule has 3 N–H and O–H groups in total. The normalized spacial score (nSPS) is 18.6. The number of nitrogens with one attached hydrogen (secondary N) is 1. The summed E-state index contributed by atoms with van der Waals surface area (Å²) in [4.78, 5) is 26.4. The van der Waals surface area contributed by atoms with Crippen LogP contribution in [0.3, 0.4) is 0 Å². The van der Waals surface area contributed by atoms with Gasteiger partial charge in [0.25, 0.3) is 11.8 Å². The molecule has 2 rings (SSSR count). The molecule has 1 aromatic rings. The quantitative estimate of drug-likeness (QED) is 0.803. The van der Waals surface area contributed by atoms with Gasteiger partial charge < -0.3 is 15.8 Å². The minimum atomic E-state index is -1.24. The highest BCUT2D eigenvalue weighted by Crippen LogP contribution is 2.25. The van der Waals surface area contributed by atoms with Crippen LogP contribution < -0.4 is 15.8 Å². The molecular weight excluding hydrogens is 282 g/mol.